The number of benzene rings is 2. The van der Waals surface area contributed by atoms with Crippen LogP contribution in [0.25, 0.3) is 17.1 Å². The van der Waals surface area contributed by atoms with Crippen molar-refractivity contribution >= 4 is 35.0 Å². The van der Waals surface area contributed by atoms with Crippen molar-refractivity contribution in [2.45, 2.75) is 19.0 Å². The standard InChI is InChI=1S/C23H19ClFN5OS/c1-14-3-5-18(11-15(14)2)30-22(16-7-9-26-10-8-16)28-29-23(30)32-13-21(31)27-17-4-6-20(25)19(24)12-17/h3-12H,13H2,1-2H3,(H,27,31). The van der Waals surface area contributed by atoms with E-state index in [4.69, 9.17) is 11.6 Å². The van der Waals surface area contributed by atoms with Crippen molar-refractivity contribution in [2.75, 3.05) is 11.1 Å². The molecule has 0 saturated carbocycles. The fourth-order valence-electron chi connectivity index (χ4n) is 3.05. The van der Waals surface area contributed by atoms with Gasteiger partial charge in [0.2, 0.25) is 5.91 Å². The van der Waals surface area contributed by atoms with Gasteiger partial charge in [0.15, 0.2) is 11.0 Å². The van der Waals surface area contributed by atoms with Crippen LogP contribution < -0.4 is 5.32 Å². The lowest BCUT2D eigenvalue weighted by Gasteiger charge is -2.12. The van der Waals surface area contributed by atoms with Crippen molar-refractivity contribution in [2.24, 2.45) is 0 Å². The molecule has 4 rings (SSSR count). The maximum Gasteiger partial charge on any atom is 0.234 e. The van der Waals surface area contributed by atoms with E-state index in [-0.39, 0.29) is 16.7 Å². The molecule has 6 nitrogen and oxygen atoms in total. The van der Waals surface area contributed by atoms with Crippen molar-refractivity contribution in [3.63, 3.8) is 0 Å². The zero-order valence-electron chi connectivity index (χ0n) is 17.3. The normalized spacial score (nSPS) is 10.9. The molecule has 0 radical (unpaired) electrons. The predicted octanol–water partition coefficient (Wildman–Crippen LogP) is 5.47. The Morgan fingerprint density at radius 1 is 1.06 bits per heavy atom. The first-order valence-corrected chi connectivity index (χ1v) is 11.1. The Kier molecular flexibility index (Phi) is 6.53. The lowest BCUT2D eigenvalue weighted by atomic mass is 10.1. The van der Waals surface area contributed by atoms with Crippen LogP contribution in [0.15, 0.2) is 66.1 Å². The Labute approximate surface area is 193 Å². The average Bonchev–Trinajstić information content (AvgIpc) is 3.21. The minimum Gasteiger partial charge on any atom is -0.325 e. The number of thioether (sulfide) groups is 1. The summed E-state index contributed by atoms with van der Waals surface area (Å²) in [5.74, 6) is -0.0558. The molecule has 4 aromatic rings. The Balaban J connectivity index is 1.60. The van der Waals surface area contributed by atoms with E-state index in [2.05, 4.69) is 33.5 Å². The molecule has 0 unspecified atom stereocenters. The largest absolute Gasteiger partial charge is 0.325 e. The van der Waals surface area contributed by atoms with Crippen molar-refractivity contribution in [3.05, 3.63) is 82.9 Å². The Morgan fingerprint density at radius 3 is 2.56 bits per heavy atom. The third-order valence-corrected chi connectivity index (χ3v) is 6.07. The number of hydrogen-bond acceptors (Lipinski definition) is 5. The minimum absolute atomic E-state index is 0.0491. The number of nitrogens with zero attached hydrogens (tertiary/aromatic N) is 4. The van der Waals surface area contributed by atoms with Gasteiger partial charge >= 0.3 is 0 Å². The number of pyridine rings is 1. The maximum absolute atomic E-state index is 13.3. The summed E-state index contributed by atoms with van der Waals surface area (Å²) in [6.45, 7) is 4.10. The van der Waals surface area contributed by atoms with Crippen LogP contribution in [0.2, 0.25) is 5.02 Å². The highest BCUT2D eigenvalue weighted by atomic mass is 35.5. The molecule has 0 spiro atoms. The Morgan fingerprint density at radius 2 is 1.84 bits per heavy atom. The number of anilines is 1. The summed E-state index contributed by atoms with van der Waals surface area (Å²) in [6.07, 6.45) is 3.39. The quantitative estimate of drug-likeness (QED) is 0.381. The Hall–Kier alpha value is -3.23. The van der Waals surface area contributed by atoms with E-state index in [1.807, 2.05) is 35.8 Å². The first kappa shape index (κ1) is 22.0. The molecule has 0 fully saturated rings. The molecular formula is C23H19ClFN5OS. The number of amides is 1. The van der Waals surface area contributed by atoms with Crippen LogP contribution in [0.5, 0.6) is 0 Å². The monoisotopic (exact) mass is 467 g/mol. The number of aryl methyl sites for hydroxylation is 2. The van der Waals surface area contributed by atoms with Crippen molar-refractivity contribution < 1.29 is 9.18 Å². The molecule has 0 atom stereocenters. The van der Waals surface area contributed by atoms with Crippen LogP contribution in [0.3, 0.4) is 0 Å². The van der Waals surface area contributed by atoms with Crippen LogP contribution in [-0.4, -0.2) is 31.4 Å². The molecule has 9 heteroatoms. The van der Waals surface area contributed by atoms with Crippen molar-refractivity contribution in [3.8, 4) is 17.1 Å². The second-order valence-electron chi connectivity index (χ2n) is 7.11. The highest BCUT2D eigenvalue weighted by Crippen LogP contribution is 2.29. The zero-order chi connectivity index (χ0) is 22.7. The summed E-state index contributed by atoms with van der Waals surface area (Å²) in [6, 6.07) is 13.9. The molecule has 1 amide bonds. The van der Waals surface area contributed by atoms with Gasteiger partial charge in [0.05, 0.1) is 16.5 Å². The number of hydrogen-bond donors (Lipinski definition) is 1. The number of carbonyl (C=O) groups excluding carboxylic acids is 1. The van der Waals surface area contributed by atoms with Gasteiger partial charge in [-0.15, -0.1) is 10.2 Å². The second-order valence-corrected chi connectivity index (χ2v) is 8.46. The summed E-state index contributed by atoms with van der Waals surface area (Å²) in [7, 11) is 0. The molecule has 2 heterocycles. The van der Waals surface area contributed by atoms with E-state index in [0.717, 1.165) is 16.8 Å². The topological polar surface area (TPSA) is 72.7 Å². The van der Waals surface area contributed by atoms with E-state index < -0.39 is 5.82 Å². The summed E-state index contributed by atoms with van der Waals surface area (Å²) in [5, 5.41) is 11.9. The summed E-state index contributed by atoms with van der Waals surface area (Å²) >= 11 is 7.04. The molecule has 32 heavy (non-hydrogen) atoms. The number of nitrogens with one attached hydrogen (secondary N) is 1. The van der Waals surface area contributed by atoms with Crippen LogP contribution in [0.1, 0.15) is 11.1 Å². The Bertz CT molecular complexity index is 1280. The van der Waals surface area contributed by atoms with Gasteiger partial charge in [0.1, 0.15) is 5.82 Å². The fourth-order valence-corrected chi connectivity index (χ4v) is 3.98. The van der Waals surface area contributed by atoms with Crippen LogP contribution in [0.4, 0.5) is 10.1 Å². The van der Waals surface area contributed by atoms with E-state index in [1.165, 1.54) is 35.5 Å². The number of aromatic nitrogens is 4. The van der Waals surface area contributed by atoms with Gasteiger partial charge in [0.25, 0.3) is 0 Å². The van der Waals surface area contributed by atoms with Crippen molar-refractivity contribution in [1.29, 1.82) is 0 Å². The molecule has 0 saturated heterocycles. The smallest absolute Gasteiger partial charge is 0.234 e. The van der Waals surface area contributed by atoms with E-state index in [1.54, 1.807) is 12.4 Å². The van der Waals surface area contributed by atoms with Gasteiger partial charge in [0, 0.05) is 23.6 Å². The SMILES string of the molecule is Cc1ccc(-n2c(SCC(=O)Nc3ccc(F)c(Cl)c3)nnc2-c2ccncc2)cc1C. The van der Waals surface area contributed by atoms with Crippen molar-refractivity contribution in [1.82, 2.24) is 19.7 Å². The molecule has 0 bridgehead atoms. The summed E-state index contributed by atoms with van der Waals surface area (Å²) in [4.78, 5) is 16.5. The molecule has 2 aromatic heterocycles. The fraction of sp³-hybridized carbons (Fsp3) is 0.130. The summed E-state index contributed by atoms with van der Waals surface area (Å²) in [5.41, 5.74) is 4.51. The van der Waals surface area contributed by atoms with Crippen LogP contribution in [0, 0.1) is 19.7 Å². The molecule has 0 aliphatic heterocycles. The highest BCUT2D eigenvalue weighted by molar-refractivity contribution is 7.99. The van der Waals surface area contributed by atoms with Crippen LogP contribution in [-0.2, 0) is 4.79 Å². The van der Waals surface area contributed by atoms with Gasteiger partial charge < -0.3 is 5.32 Å². The predicted molar refractivity (Wildman–Crippen MR) is 125 cm³/mol. The molecule has 0 aliphatic carbocycles. The maximum atomic E-state index is 13.3. The molecule has 0 aliphatic rings. The van der Waals surface area contributed by atoms with Gasteiger partial charge in [-0.1, -0.05) is 29.4 Å². The van der Waals surface area contributed by atoms with Gasteiger partial charge in [-0.25, -0.2) is 4.39 Å². The first-order chi connectivity index (χ1) is 15.4. The minimum atomic E-state index is -0.538. The lowest BCUT2D eigenvalue weighted by molar-refractivity contribution is -0.113. The molecule has 162 valence electrons. The van der Waals surface area contributed by atoms with Gasteiger partial charge in [-0.2, -0.15) is 0 Å². The van der Waals surface area contributed by atoms with Gasteiger partial charge in [-0.3, -0.25) is 14.3 Å². The molecule has 2 aromatic carbocycles. The second kappa shape index (κ2) is 9.50. The number of halogens is 2. The highest BCUT2D eigenvalue weighted by Gasteiger charge is 2.18. The number of carbonyl (C=O) groups is 1. The number of rotatable bonds is 6. The van der Waals surface area contributed by atoms with Crippen LogP contribution >= 0.6 is 23.4 Å². The summed E-state index contributed by atoms with van der Waals surface area (Å²) < 4.78 is 15.3. The first-order valence-electron chi connectivity index (χ1n) is 9.73. The third-order valence-electron chi connectivity index (χ3n) is 4.86. The zero-order valence-corrected chi connectivity index (χ0v) is 18.9. The average molecular weight is 468 g/mol. The van der Waals surface area contributed by atoms with E-state index >= 15 is 0 Å². The van der Waals surface area contributed by atoms with E-state index in [9.17, 15) is 9.18 Å². The molecule has 1 N–H and O–H groups in total. The molecular weight excluding hydrogens is 449 g/mol. The lowest BCUT2D eigenvalue weighted by Crippen LogP contribution is -2.14. The van der Waals surface area contributed by atoms with E-state index in [0.29, 0.717) is 16.7 Å². The third kappa shape index (κ3) is 4.81. The van der Waals surface area contributed by atoms with Gasteiger partial charge in [-0.05, 0) is 67.4 Å².